The first kappa shape index (κ1) is 14.4. The van der Waals surface area contributed by atoms with Crippen LogP contribution in [0.5, 0.6) is 0 Å². The zero-order chi connectivity index (χ0) is 13.7. The van der Waals surface area contributed by atoms with Gasteiger partial charge in [0.25, 0.3) is 0 Å². The Labute approximate surface area is 106 Å². The van der Waals surface area contributed by atoms with Gasteiger partial charge in [0.15, 0.2) is 0 Å². The van der Waals surface area contributed by atoms with Gasteiger partial charge in [0.05, 0.1) is 4.92 Å². The van der Waals surface area contributed by atoms with Crippen LogP contribution in [0.15, 0.2) is 18.2 Å². The lowest BCUT2D eigenvalue weighted by atomic mass is 10.2. The molecule has 18 heavy (non-hydrogen) atoms. The Hall–Kier alpha value is -1.69. The van der Waals surface area contributed by atoms with E-state index in [9.17, 15) is 14.5 Å². The molecular formula is C12H18FN3O2. The Morgan fingerprint density at radius 3 is 2.50 bits per heavy atom. The topological polar surface area (TPSA) is 49.6 Å². The molecule has 0 spiro atoms. The van der Waals surface area contributed by atoms with Crippen LogP contribution in [-0.2, 0) is 0 Å². The lowest BCUT2D eigenvalue weighted by Crippen LogP contribution is -2.24. The molecule has 0 aliphatic carbocycles. The van der Waals surface area contributed by atoms with Gasteiger partial charge < -0.3 is 9.80 Å². The number of nitro groups is 1. The van der Waals surface area contributed by atoms with E-state index in [1.54, 1.807) is 18.0 Å². The van der Waals surface area contributed by atoms with E-state index in [-0.39, 0.29) is 0 Å². The molecule has 0 N–H and O–H groups in total. The highest BCUT2D eigenvalue weighted by atomic mass is 19.1. The molecule has 1 rings (SSSR count). The minimum Gasteiger partial charge on any atom is -0.369 e. The Bertz CT molecular complexity index is 424. The van der Waals surface area contributed by atoms with Gasteiger partial charge in [0, 0.05) is 13.6 Å². The quantitative estimate of drug-likeness (QED) is 0.577. The Kier molecular flexibility index (Phi) is 5.03. The van der Waals surface area contributed by atoms with Gasteiger partial charge in [-0.3, -0.25) is 10.1 Å². The molecule has 0 unspecified atom stereocenters. The second kappa shape index (κ2) is 6.30. The predicted octanol–water partition coefficient (Wildman–Crippen LogP) is 2.12. The third-order valence-corrected chi connectivity index (χ3v) is 2.66. The van der Waals surface area contributed by atoms with Gasteiger partial charge in [0.2, 0.25) is 5.82 Å². The molecule has 0 saturated heterocycles. The number of nitrogens with zero attached hydrogens (tertiary/aromatic N) is 3. The summed E-state index contributed by atoms with van der Waals surface area (Å²) < 4.78 is 13.4. The molecule has 0 atom stereocenters. The second-order valence-electron chi connectivity index (χ2n) is 4.44. The van der Waals surface area contributed by atoms with E-state index in [4.69, 9.17) is 0 Å². The number of halogens is 1. The fourth-order valence-electron chi connectivity index (χ4n) is 1.74. The SMILES string of the molecule is CN(C)CCCN(C)c1cccc(F)c1[N+](=O)[O-]. The number of anilines is 1. The van der Waals surface area contributed by atoms with Gasteiger partial charge in [-0.2, -0.15) is 4.39 Å². The van der Waals surface area contributed by atoms with Crippen molar-refractivity contribution in [3.05, 3.63) is 34.1 Å². The Morgan fingerprint density at radius 2 is 1.94 bits per heavy atom. The largest absolute Gasteiger partial charge is 0.369 e. The second-order valence-corrected chi connectivity index (χ2v) is 4.44. The molecule has 100 valence electrons. The number of para-hydroxylation sites is 1. The van der Waals surface area contributed by atoms with Crippen LogP contribution >= 0.6 is 0 Å². The molecule has 0 radical (unpaired) electrons. The minimum atomic E-state index is -0.794. The zero-order valence-corrected chi connectivity index (χ0v) is 10.9. The fraction of sp³-hybridized carbons (Fsp3) is 0.500. The van der Waals surface area contributed by atoms with Crippen molar-refractivity contribution in [2.75, 3.05) is 39.1 Å². The van der Waals surface area contributed by atoms with Crippen LogP contribution in [0.25, 0.3) is 0 Å². The Balaban J connectivity index is 2.82. The zero-order valence-electron chi connectivity index (χ0n) is 10.9. The molecule has 0 heterocycles. The molecule has 0 fully saturated rings. The summed E-state index contributed by atoms with van der Waals surface area (Å²) in [7, 11) is 5.66. The van der Waals surface area contributed by atoms with Crippen molar-refractivity contribution in [3.63, 3.8) is 0 Å². The molecule has 5 nitrogen and oxygen atoms in total. The van der Waals surface area contributed by atoms with E-state index in [2.05, 4.69) is 0 Å². The fourth-order valence-corrected chi connectivity index (χ4v) is 1.74. The summed E-state index contributed by atoms with van der Waals surface area (Å²) in [5.41, 5.74) is -0.136. The van der Waals surface area contributed by atoms with Crippen LogP contribution in [0.1, 0.15) is 6.42 Å². The number of nitro benzene ring substituents is 1. The van der Waals surface area contributed by atoms with E-state index in [0.29, 0.717) is 12.2 Å². The third-order valence-electron chi connectivity index (χ3n) is 2.66. The van der Waals surface area contributed by atoms with Crippen LogP contribution in [0.4, 0.5) is 15.8 Å². The predicted molar refractivity (Wildman–Crippen MR) is 69.5 cm³/mol. The van der Waals surface area contributed by atoms with Gasteiger partial charge >= 0.3 is 5.69 Å². The van der Waals surface area contributed by atoms with E-state index in [1.807, 2.05) is 19.0 Å². The van der Waals surface area contributed by atoms with Gasteiger partial charge in [-0.15, -0.1) is 0 Å². The van der Waals surface area contributed by atoms with E-state index in [1.165, 1.54) is 6.07 Å². The summed E-state index contributed by atoms with van der Waals surface area (Å²) in [4.78, 5) is 13.9. The van der Waals surface area contributed by atoms with Crippen LogP contribution < -0.4 is 4.90 Å². The maximum atomic E-state index is 13.4. The third kappa shape index (κ3) is 3.66. The maximum Gasteiger partial charge on any atom is 0.327 e. The molecule has 0 aromatic heterocycles. The van der Waals surface area contributed by atoms with Crippen LogP contribution in [0, 0.1) is 15.9 Å². The highest BCUT2D eigenvalue weighted by Gasteiger charge is 2.21. The average molecular weight is 255 g/mol. The summed E-state index contributed by atoms with van der Waals surface area (Å²) >= 11 is 0. The van der Waals surface area contributed by atoms with Crippen molar-refractivity contribution in [2.24, 2.45) is 0 Å². The van der Waals surface area contributed by atoms with Crippen molar-refractivity contribution in [1.82, 2.24) is 4.90 Å². The van der Waals surface area contributed by atoms with Crippen LogP contribution in [0.3, 0.4) is 0 Å². The lowest BCUT2D eigenvalue weighted by Gasteiger charge is -2.20. The van der Waals surface area contributed by atoms with Gasteiger partial charge in [-0.1, -0.05) is 6.07 Å². The molecule has 0 aliphatic rings. The number of hydrogen-bond donors (Lipinski definition) is 0. The highest BCUT2D eigenvalue weighted by molar-refractivity contribution is 5.63. The molecule has 0 amide bonds. The lowest BCUT2D eigenvalue weighted by molar-refractivity contribution is -0.386. The maximum absolute atomic E-state index is 13.4. The van der Waals surface area contributed by atoms with E-state index in [0.717, 1.165) is 19.0 Å². The van der Waals surface area contributed by atoms with Crippen molar-refractivity contribution in [2.45, 2.75) is 6.42 Å². The van der Waals surface area contributed by atoms with Gasteiger partial charge in [-0.05, 0) is 39.2 Å². The van der Waals surface area contributed by atoms with Crippen molar-refractivity contribution < 1.29 is 9.31 Å². The molecule has 6 heteroatoms. The normalized spacial score (nSPS) is 10.7. The summed E-state index contributed by atoms with van der Waals surface area (Å²) in [6.45, 7) is 1.52. The first-order valence-corrected chi connectivity index (χ1v) is 5.72. The van der Waals surface area contributed by atoms with Crippen LogP contribution in [0.2, 0.25) is 0 Å². The average Bonchev–Trinajstić information content (AvgIpc) is 2.27. The summed E-state index contributed by atoms with van der Waals surface area (Å²) in [5, 5.41) is 10.9. The monoisotopic (exact) mass is 255 g/mol. The molecule has 0 bridgehead atoms. The number of hydrogen-bond acceptors (Lipinski definition) is 4. The molecular weight excluding hydrogens is 237 g/mol. The smallest absolute Gasteiger partial charge is 0.327 e. The first-order chi connectivity index (χ1) is 8.43. The Morgan fingerprint density at radius 1 is 1.28 bits per heavy atom. The standard InChI is InChI=1S/C12H18FN3O2/c1-14(2)8-5-9-15(3)11-7-4-6-10(13)12(11)16(17)18/h4,6-7H,5,8-9H2,1-3H3. The van der Waals surface area contributed by atoms with E-state index < -0.39 is 16.4 Å². The first-order valence-electron chi connectivity index (χ1n) is 5.72. The van der Waals surface area contributed by atoms with Crippen LogP contribution in [-0.4, -0.2) is 44.1 Å². The molecule has 0 aliphatic heterocycles. The molecule has 1 aromatic carbocycles. The number of rotatable bonds is 6. The van der Waals surface area contributed by atoms with Gasteiger partial charge in [0.1, 0.15) is 5.69 Å². The minimum absolute atomic E-state index is 0.318. The van der Waals surface area contributed by atoms with Crippen molar-refractivity contribution >= 4 is 11.4 Å². The summed E-state index contributed by atoms with van der Waals surface area (Å²) in [6, 6.07) is 4.16. The highest BCUT2D eigenvalue weighted by Crippen LogP contribution is 2.29. The molecule has 0 saturated carbocycles. The van der Waals surface area contributed by atoms with Crippen molar-refractivity contribution in [1.29, 1.82) is 0 Å². The summed E-state index contributed by atoms with van der Waals surface area (Å²) in [5.74, 6) is -0.794. The van der Waals surface area contributed by atoms with Crippen molar-refractivity contribution in [3.8, 4) is 0 Å². The summed E-state index contributed by atoms with van der Waals surface area (Å²) in [6.07, 6.45) is 0.858. The van der Waals surface area contributed by atoms with Gasteiger partial charge in [-0.25, -0.2) is 0 Å². The number of benzene rings is 1. The van der Waals surface area contributed by atoms with E-state index >= 15 is 0 Å². The molecule has 1 aromatic rings.